The van der Waals surface area contributed by atoms with E-state index in [2.05, 4.69) is 9.62 Å². The summed E-state index contributed by atoms with van der Waals surface area (Å²) in [5, 5.41) is 0. The number of anilines is 1. The molecule has 0 spiro atoms. The average molecular weight is 430 g/mol. The molecule has 0 unspecified atom stereocenters. The molecule has 0 aliphatic carbocycles. The molecule has 0 saturated carbocycles. The maximum absolute atomic E-state index is 12.5. The molecule has 0 atom stereocenters. The van der Waals surface area contributed by atoms with Gasteiger partial charge in [0.2, 0.25) is 15.9 Å². The summed E-state index contributed by atoms with van der Waals surface area (Å²) in [5.74, 6) is -0.0249. The second-order valence-electron chi connectivity index (χ2n) is 7.43. The molecule has 7 nitrogen and oxygen atoms in total. The number of nitrogens with one attached hydrogen (secondary N) is 1. The predicted octanol–water partition coefficient (Wildman–Crippen LogP) is 2.21. The number of carbonyl (C=O) groups excluding carboxylic acids is 2. The molecule has 2 aromatic rings. The Balaban J connectivity index is 1.46. The van der Waals surface area contributed by atoms with Crippen molar-refractivity contribution in [2.24, 2.45) is 0 Å². The highest BCUT2D eigenvalue weighted by Gasteiger charge is 2.22. The van der Waals surface area contributed by atoms with E-state index in [1.54, 1.807) is 36.1 Å². The smallest absolute Gasteiger partial charge is 0.240 e. The number of carbonyl (C=O) groups is 2. The van der Waals surface area contributed by atoms with E-state index in [0.717, 1.165) is 11.3 Å². The number of nitrogens with zero attached hydrogens (tertiary/aromatic N) is 2. The van der Waals surface area contributed by atoms with Gasteiger partial charge in [-0.25, -0.2) is 13.1 Å². The molecule has 30 heavy (non-hydrogen) atoms. The number of Topliss-reactive ketones (excluding diaryl/α,β-unsaturated/α-hetero) is 1. The molecule has 0 radical (unpaired) electrons. The molecule has 1 aliphatic heterocycles. The van der Waals surface area contributed by atoms with Gasteiger partial charge in [-0.15, -0.1) is 0 Å². The van der Waals surface area contributed by atoms with Gasteiger partial charge in [-0.3, -0.25) is 9.59 Å². The van der Waals surface area contributed by atoms with Gasteiger partial charge in [0.1, 0.15) is 0 Å². The van der Waals surface area contributed by atoms with Gasteiger partial charge in [-0.05, 0) is 50.2 Å². The number of rotatable bonds is 7. The molecule has 2 aromatic carbocycles. The van der Waals surface area contributed by atoms with E-state index in [0.29, 0.717) is 31.7 Å². The number of hydrogen-bond acceptors (Lipinski definition) is 5. The fourth-order valence-corrected chi connectivity index (χ4v) is 4.40. The molecule has 0 bridgehead atoms. The monoisotopic (exact) mass is 429 g/mol. The molecule has 160 valence electrons. The van der Waals surface area contributed by atoms with Crippen molar-refractivity contribution < 1.29 is 18.0 Å². The Kier molecular flexibility index (Phi) is 6.89. The standard InChI is InChI=1S/C22H27N3O4S/c1-17-3-9-21(10-4-17)30(28,29)23-12-11-22(27)25-15-13-24(14-16-25)20-7-5-19(6-8-20)18(2)26/h3-10,23H,11-16H2,1-2H3. The lowest BCUT2D eigenvalue weighted by Crippen LogP contribution is -2.49. The largest absolute Gasteiger partial charge is 0.368 e. The van der Waals surface area contributed by atoms with Gasteiger partial charge in [0.05, 0.1) is 4.90 Å². The zero-order chi connectivity index (χ0) is 21.7. The van der Waals surface area contributed by atoms with E-state index < -0.39 is 10.0 Å². The molecule has 1 amide bonds. The number of aryl methyl sites for hydroxylation is 1. The van der Waals surface area contributed by atoms with Crippen molar-refractivity contribution in [2.45, 2.75) is 25.2 Å². The third kappa shape index (κ3) is 5.46. The fraction of sp³-hybridized carbons (Fsp3) is 0.364. The summed E-state index contributed by atoms with van der Waals surface area (Å²) in [6.45, 7) is 6.06. The SMILES string of the molecule is CC(=O)c1ccc(N2CCN(C(=O)CCNS(=O)(=O)c3ccc(C)cc3)CC2)cc1. The summed E-state index contributed by atoms with van der Waals surface area (Å²) in [5.41, 5.74) is 2.69. The fourth-order valence-electron chi connectivity index (χ4n) is 3.37. The highest BCUT2D eigenvalue weighted by Crippen LogP contribution is 2.18. The van der Waals surface area contributed by atoms with Gasteiger partial charge < -0.3 is 9.80 Å². The van der Waals surface area contributed by atoms with Gasteiger partial charge in [0.25, 0.3) is 0 Å². The van der Waals surface area contributed by atoms with Crippen LogP contribution in [0.3, 0.4) is 0 Å². The maximum Gasteiger partial charge on any atom is 0.240 e. The first-order chi connectivity index (χ1) is 14.3. The third-order valence-corrected chi connectivity index (χ3v) is 6.71. The molecule has 1 aliphatic rings. The minimum Gasteiger partial charge on any atom is -0.368 e. The Morgan fingerprint density at radius 1 is 0.933 bits per heavy atom. The van der Waals surface area contributed by atoms with E-state index in [1.807, 2.05) is 31.2 Å². The van der Waals surface area contributed by atoms with E-state index in [-0.39, 0.29) is 29.6 Å². The molecular formula is C22H27N3O4S. The lowest BCUT2D eigenvalue weighted by Gasteiger charge is -2.36. The molecule has 1 fully saturated rings. The number of piperazine rings is 1. The van der Waals surface area contributed by atoms with Crippen LogP contribution in [0.15, 0.2) is 53.4 Å². The quantitative estimate of drug-likeness (QED) is 0.682. The summed E-state index contributed by atoms with van der Waals surface area (Å²) in [4.78, 5) is 28.0. The van der Waals surface area contributed by atoms with E-state index in [4.69, 9.17) is 0 Å². The van der Waals surface area contributed by atoms with Crippen molar-refractivity contribution in [1.29, 1.82) is 0 Å². The lowest BCUT2D eigenvalue weighted by atomic mass is 10.1. The number of amides is 1. The van der Waals surface area contributed by atoms with Crippen LogP contribution in [0.4, 0.5) is 5.69 Å². The van der Waals surface area contributed by atoms with Crippen LogP contribution in [0.1, 0.15) is 29.3 Å². The van der Waals surface area contributed by atoms with Crippen LogP contribution < -0.4 is 9.62 Å². The highest BCUT2D eigenvalue weighted by atomic mass is 32.2. The second-order valence-corrected chi connectivity index (χ2v) is 9.20. The van der Waals surface area contributed by atoms with E-state index in [1.165, 1.54) is 0 Å². The summed E-state index contributed by atoms with van der Waals surface area (Å²) in [7, 11) is -3.61. The third-order valence-electron chi connectivity index (χ3n) is 5.23. The Morgan fingerprint density at radius 2 is 1.53 bits per heavy atom. The predicted molar refractivity (Wildman–Crippen MR) is 116 cm³/mol. The zero-order valence-electron chi connectivity index (χ0n) is 17.3. The van der Waals surface area contributed by atoms with E-state index in [9.17, 15) is 18.0 Å². The molecular weight excluding hydrogens is 402 g/mol. The Hall–Kier alpha value is -2.71. The molecule has 1 saturated heterocycles. The summed E-state index contributed by atoms with van der Waals surface area (Å²) < 4.78 is 27.1. The van der Waals surface area contributed by atoms with Gasteiger partial charge in [-0.2, -0.15) is 0 Å². The van der Waals surface area contributed by atoms with Gasteiger partial charge in [-0.1, -0.05) is 17.7 Å². The van der Waals surface area contributed by atoms with Crippen LogP contribution in [0.5, 0.6) is 0 Å². The first kappa shape index (κ1) is 22.0. The maximum atomic E-state index is 12.5. The minimum atomic E-state index is -3.61. The number of benzene rings is 2. The average Bonchev–Trinajstić information content (AvgIpc) is 2.74. The van der Waals surface area contributed by atoms with Crippen molar-refractivity contribution in [3.8, 4) is 0 Å². The van der Waals surface area contributed by atoms with Crippen molar-refractivity contribution in [1.82, 2.24) is 9.62 Å². The van der Waals surface area contributed by atoms with Crippen molar-refractivity contribution in [3.63, 3.8) is 0 Å². The number of sulfonamides is 1. The van der Waals surface area contributed by atoms with Crippen LogP contribution in [0.2, 0.25) is 0 Å². The Morgan fingerprint density at radius 3 is 2.10 bits per heavy atom. The molecule has 0 aromatic heterocycles. The van der Waals surface area contributed by atoms with E-state index >= 15 is 0 Å². The summed E-state index contributed by atoms with van der Waals surface area (Å²) in [6.07, 6.45) is 0.123. The van der Waals surface area contributed by atoms with Crippen LogP contribution >= 0.6 is 0 Å². The van der Waals surface area contributed by atoms with Crippen molar-refractivity contribution in [2.75, 3.05) is 37.6 Å². The van der Waals surface area contributed by atoms with Crippen LogP contribution in [-0.4, -0.2) is 57.7 Å². The van der Waals surface area contributed by atoms with Gasteiger partial charge in [0.15, 0.2) is 5.78 Å². The van der Waals surface area contributed by atoms with Gasteiger partial charge in [0, 0.05) is 50.4 Å². The van der Waals surface area contributed by atoms with Gasteiger partial charge >= 0.3 is 0 Å². The number of ketones is 1. The Labute approximate surface area is 177 Å². The van der Waals surface area contributed by atoms with Crippen molar-refractivity contribution in [3.05, 3.63) is 59.7 Å². The zero-order valence-corrected chi connectivity index (χ0v) is 18.1. The first-order valence-corrected chi connectivity index (χ1v) is 11.4. The van der Waals surface area contributed by atoms with Crippen molar-refractivity contribution >= 4 is 27.4 Å². The summed E-state index contributed by atoms with van der Waals surface area (Å²) >= 11 is 0. The van der Waals surface area contributed by atoms with Crippen LogP contribution in [0, 0.1) is 6.92 Å². The minimum absolute atomic E-state index is 0.0370. The normalized spacial score (nSPS) is 14.6. The number of hydrogen-bond donors (Lipinski definition) is 1. The summed E-state index contributed by atoms with van der Waals surface area (Å²) in [6, 6.07) is 14.1. The topological polar surface area (TPSA) is 86.8 Å². The highest BCUT2D eigenvalue weighted by molar-refractivity contribution is 7.89. The van der Waals surface area contributed by atoms with Crippen LogP contribution in [-0.2, 0) is 14.8 Å². The lowest BCUT2D eigenvalue weighted by molar-refractivity contribution is -0.131. The Bertz CT molecular complexity index is 994. The molecule has 3 rings (SSSR count). The second kappa shape index (κ2) is 9.40. The molecule has 1 heterocycles. The first-order valence-electron chi connectivity index (χ1n) is 9.96. The molecule has 1 N–H and O–H groups in total. The molecule has 8 heteroatoms. The van der Waals surface area contributed by atoms with Crippen LogP contribution in [0.25, 0.3) is 0 Å².